The first-order valence-corrected chi connectivity index (χ1v) is 4.65. The molecular weight excluding hydrogens is 210 g/mol. The molecule has 86 valence electrons. The number of hydrogen-bond donors (Lipinski definition) is 2. The molecule has 16 heavy (non-hydrogen) atoms. The van der Waals surface area contributed by atoms with Crippen molar-refractivity contribution in [1.82, 2.24) is 15.2 Å². The quantitative estimate of drug-likeness (QED) is 0.730. The summed E-state index contributed by atoms with van der Waals surface area (Å²) in [6.45, 7) is -0.0584. The third kappa shape index (κ3) is 2.69. The number of aromatic hydroxyl groups is 1. The molecule has 6 heteroatoms. The Morgan fingerprint density at radius 2 is 2.25 bits per heavy atom. The smallest absolute Gasteiger partial charge is 0.257 e. The van der Waals surface area contributed by atoms with E-state index in [2.05, 4.69) is 10.3 Å². The molecule has 0 radical (unpaired) electrons. The topological polar surface area (TPSA) is 82.5 Å². The van der Waals surface area contributed by atoms with Crippen molar-refractivity contribution in [2.45, 2.75) is 0 Å². The Labute approximate surface area is 92.9 Å². The van der Waals surface area contributed by atoms with E-state index in [0.717, 1.165) is 0 Å². The molecule has 2 N–H and O–H groups in total. The largest absolute Gasteiger partial charge is 0.505 e. The molecule has 2 amide bonds. The fourth-order valence-electron chi connectivity index (χ4n) is 1.14. The summed E-state index contributed by atoms with van der Waals surface area (Å²) in [7, 11) is 2.97. The molecule has 0 aliphatic heterocycles. The van der Waals surface area contributed by atoms with Crippen LogP contribution in [0.2, 0.25) is 0 Å². The van der Waals surface area contributed by atoms with Crippen LogP contribution in [-0.2, 0) is 4.79 Å². The molecule has 0 saturated carbocycles. The summed E-state index contributed by atoms with van der Waals surface area (Å²) in [5.74, 6) is -0.899. The molecule has 1 aromatic rings. The van der Waals surface area contributed by atoms with Gasteiger partial charge in [0.25, 0.3) is 5.91 Å². The SMILES string of the molecule is CNC(=O)CN(C)C(=O)c1ccncc1O. The standard InChI is InChI=1S/C10H13N3O3/c1-11-9(15)6-13(2)10(16)7-3-4-12-5-8(7)14/h3-5,14H,6H2,1-2H3,(H,11,15). The summed E-state index contributed by atoms with van der Waals surface area (Å²) in [6, 6.07) is 1.40. The second-order valence-corrected chi connectivity index (χ2v) is 3.23. The Morgan fingerprint density at radius 1 is 1.56 bits per heavy atom. The van der Waals surface area contributed by atoms with Crippen LogP contribution in [0, 0.1) is 0 Å². The third-order valence-electron chi connectivity index (χ3n) is 2.04. The normalized spacial score (nSPS) is 9.62. The van der Waals surface area contributed by atoms with Crippen molar-refractivity contribution in [3.8, 4) is 5.75 Å². The molecule has 0 fully saturated rings. The highest BCUT2D eigenvalue weighted by atomic mass is 16.3. The zero-order valence-electron chi connectivity index (χ0n) is 9.10. The average Bonchev–Trinajstić information content (AvgIpc) is 2.28. The van der Waals surface area contributed by atoms with Gasteiger partial charge in [0.1, 0.15) is 5.75 Å². The van der Waals surface area contributed by atoms with Crippen LogP contribution in [0.5, 0.6) is 5.75 Å². The Balaban J connectivity index is 2.79. The highest BCUT2D eigenvalue weighted by molar-refractivity contribution is 5.98. The highest BCUT2D eigenvalue weighted by Gasteiger charge is 2.17. The molecule has 1 heterocycles. The fraction of sp³-hybridized carbons (Fsp3) is 0.300. The number of nitrogens with one attached hydrogen (secondary N) is 1. The van der Waals surface area contributed by atoms with Crippen molar-refractivity contribution in [1.29, 1.82) is 0 Å². The summed E-state index contributed by atoms with van der Waals surface area (Å²) in [5, 5.41) is 11.8. The number of carbonyl (C=O) groups excluding carboxylic acids is 2. The van der Waals surface area contributed by atoms with Crippen LogP contribution < -0.4 is 5.32 Å². The maximum Gasteiger partial charge on any atom is 0.257 e. The van der Waals surface area contributed by atoms with E-state index in [4.69, 9.17) is 0 Å². The molecule has 0 atom stereocenters. The van der Waals surface area contributed by atoms with E-state index in [1.807, 2.05) is 0 Å². The third-order valence-corrected chi connectivity index (χ3v) is 2.04. The molecule has 1 aromatic heterocycles. The summed E-state index contributed by atoms with van der Waals surface area (Å²) in [4.78, 5) is 27.7. The van der Waals surface area contributed by atoms with Crippen LogP contribution >= 0.6 is 0 Å². The Morgan fingerprint density at radius 3 is 2.81 bits per heavy atom. The van der Waals surface area contributed by atoms with Crippen LogP contribution in [0.25, 0.3) is 0 Å². The van der Waals surface area contributed by atoms with Crippen molar-refractivity contribution in [3.05, 3.63) is 24.0 Å². The van der Waals surface area contributed by atoms with E-state index < -0.39 is 5.91 Å². The average molecular weight is 223 g/mol. The van der Waals surface area contributed by atoms with E-state index in [9.17, 15) is 14.7 Å². The molecule has 0 spiro atoms. The van der Waals surface area contributed by atoms with E-state index in [-0.39, 0.29) is 23.8 Å². The molecule has 0 bridgehead atoms. The predicted molar refractivity (Wildman–Crippen MR) is 56.9 cm³/mol. The minimum Gasteiger partial charge on any atom is -0.505 e. The van der Waals surface area contributed by atoms with Crippen LogP contribution in [0.15, 0.2) is 18.5 Å². The number of aromatic nitrogens is 1. The van der Waals surface area contributed by atoms with Crippen molar-refractivity contribution < 1.29 is 14.7 Å². The Kier molecular flexibility index (Phi) is 3.82. The van der Waals surface area contributed by atoms with Crippen LogP contribution in [0.3, 0.4) is 0 Å². The van der Waals surface area contributed by atoms with Gasteiger partial charge in [-0.2, -0.15) is 0 Å². The van der Waals surface area contributed by atoms with Crippen molar-refractivity contribution in [3.63, 3.8) is 0 Å². The van der Waals surface area contributed by atoms with Crippen LogP contribution in [-0.4, -0.2) is 47.4 Å². The molecule has 1 rings (SSSR count). The van der Waals surface area contributed by atoms with E-state index in [1.54, 1.807) is 0 Å². The van der Waals surface area contributed by atoms with E-state index in [1.165, 1.54) is 37.5 Å². The van der Waals surface area contributed by atoms with Gasteiger partial charge in [0.2, 0.25) is 5.91 Å². The monoisotopic (exact) mass is 223 g/mol. The molecular formula is C10H13N3O3. The van der Waals surface area contributed by atoms with Crippen molar-refractivity contribution in [2.75, 3.05) is 20.6 Å². The summed E-state index contributed by atoms with van der Waals surface area (Å²) in [6.07, 6.45) is 2.58. The maximum absolute atomic E-state index is 11.8. The van der Waals surface area contributed by atoms with Gasteiger partial charge in [-0.3, -0.25) is 14.6 Å². The molecule has 0 aromatic carbocycles. The zero-order valence-corrected chi connectivity index (χ0v) is 9.10. The Hall–Kier alpha value is -2.11. The van der Waals surface area contributed by atoms with Gasteiger partial charge in [-0.1, -0.05) is 0 Å². The van der Waals surface area contributed by atoms with Gasteiger partial charge in [-0.15, -0.1) is 0 Å². The minimum atomic E-state index is -0.427. The lowest BCUT2D eigenvalue weighted by Crippen LogP contribution is -2.36. The van der Waals surface area contributed by atoms with Crippen LogP contribution in [0.4, 0.5) is 0 Å². The zero-order chi connectivity index (χ0) is 12.1. The number of nitrogens with zero attached hydrogens (tertiary/aromatic N) is 2. The minimum absolute atomic E-state index is 0.0584. The number of likely N-dealkylation sites (N-methyl/N-ethyl adjacent to an activating group) is 2. The van der Waals surface area contributed by atoms with Gasteiger partial charge in [0.05, 0.1) is 18.3 Å². The highest BCUT2D eigenvalue weighted by Crippen LogP contribution is 2.15. The summed E-state index contributed by atoms with van der Waals surface area (Å²) in [5.41, 5.74) is 0.126. The van der Waals surface area contributed by atoms with Gasteiger partial charge in [-0.05, 0) is 6.07 Å². The van der Waals surface area contributed by atoms with Crippen molar-refractivity contribution in [2.24, 2.45) is 0 Å². The summed E-state index contributed by atoms with van der Waals surface area (Å²) >= 11 is 0. The van der Waals surface area contributed by atoms with Gasteiger partial charge in [-0.25, -0.2) is 0 Å². The first-order valence-electron chi connectivity index (χ1n) is 4.65. The molecule has 0 saturated heterocycles. The van der Waals surface area contributed by atoms with Gasteiger partial charge >= 0.3 is 0 Å². The van der Waals surface area contributed by atoms with E-state index in [0.29, 0.717) is 0 Å². The Bertz CT molecular complexity index is 406. The lowest BCUT2D eigenvalue weighted by atomic mass is 10.2. The predicted octanol–water partition coefficient (Wildman–Crippen LogP) is -0.395. The number of amides is 2. The fourth-order valence-corrected chi connectivity index (χ4v) is 1.14. The molecule has 0 aliphatic carbocycles. The first-order chi connectivity index (χ1) is 7.56. The number of pyridine rings is 1. The molecule has 0 unspecified atom stereocenters. The summed E-state index contributed by atoms with van der Waals surface area (Å²) < 4.78 is 0. The lowest BCUT2D eigenvalue weighted by Gasteiger charge is -2.16. The molecule has 0 aliphatic rings. The molecule has 6 nitrogen and oxygen atoms in total. The van der Waals surface area contributed by atoms with Gasteiger partial charge in [0, 0.05) is 20.3 Å². The first kappa shape index (κ1) is 12.0. The number of carbonyl (C=O) groups is 2. The van der Waals surface area contributed by atoms with Crippen LogP contribution in [0.1, 0.15) is 10.4 Å². The maximum atomic E-state index is 11.8. The van der Waals surface area contributed by atoms with E-state index >= 15 is 0 Å². The van der Waals surface area contributed by atoms with Gasteiger partial charge in [0.15, 0.2) is 0 Å². The van der Waals surface area contributed by atoms with Crippen molar-refractivity contribution >= 4 is 11.8 Å². The van der Waals surface area contributed by atoms with Gasteiger partial charge < -0.3 is 15.3 Å². The lowest BCUT2D eigenvalue weighted by molar-refractivity contribution is -0.121. The second kappa shape index (κ2) is 5.11. The number of hydrogen-bond acceptors (Lipinski definition) is 4. The second-order valence-electron chi connectivity index (χ2n) is 3.23. The number of rotatable bonds is 3.